The van der Waals surface area contributed by atoms with Crippen molar-refractivity contribution in [3.05, 3.63) is 310 Å². The van der Waals surface area contributed by atoms with Crippen molar-refractivity contribution in [3.63, 3.8) is 0 Å². The Hall–Kier alpha value is -13.2. The minimum Gasteiger partial charge on any atom is -0.383 e. The summed E-state index contributed by atoms with van der Waals surface area (Å²) in [6.07, 6.45) is 0.871. The van der Waals surface area contributed by atoms with Gasteiger partial charge in [-0.2, -0.15) is 26.3 Å². The van der Waals surface area contributed by atoms with Gasteiger partial charge in [-0.15, -0.1) is 0 Å². The molecule has 13 rings (SSSR count). The van der Waals surface area contributed by atoms with Gasteiger partial charge in [0.2, 0.25) is 23.1 Å². The lowest BCUT2D eigenvalue weighted by Crippen LogP contribution is -2.46. The summed E-state index contributed by atoms with van der Waals surface area (Å²) in [6, 6.07) is 54.3. The second-order valence-electron chi connectivity index (χ2n) is 28.4. The van der Waals surface area contributed by atoms with Gasteiger partial charge < -0.3 is 65.5 Å². The van der Waals surface area contributed by atoms with E-state index in [1.165, 1.54) is 59.9 Å². The number of alkyl halides is 6. The van der Waals surface area contributed by atoms with E-state index in [2.05, 4.69) is 98.4 Å². The molecule has 2 unspecified atom stereocenters. The Kier molecular flexibility index (Phi) is 28.6. The molecule has 2 fully saturated rings. The van der Waals surface area contributed by atoms with E-state index in [1.54, 1.807) is 48.8 Å². The van der Waals surface area contributed by atoms with Gasteiger partial charge in [0.1, 0.15) is 69.3 Å². The smallest absolute Gasteiger partial charge is 0.383 e. The van der Waals surface area contributed by atoms with Crippen LogP contribution in [0.2, 0.25) is 0 Å². The van der Waals surface area contributed by atoms with Gasteiger partial charge in [-0.3, -0.25) is 19.2 Å². The fourth-order valence-corrected chi connectivity index (χ4v) is 13.3. The normalized spacial score (nSPS) is 15.1. The fourth-order valence-electron chi connectivity index (χ4n) is 13.3. The van der Waals surface area contributed by atoms with Crippen LogP contribution in [0, 0.1) is 5.92 Å². The van der Waals surface area contributed by atoms with Crippen LogP contribution < -0.4 is 65.5 Å². The molecule has 0 amide bonds. The first kappa shape index (κ1) is 86.3. The maximum absolute atomic E-state index is 13.5. The first-order chi connectivity index (χ1) is 55.9. The molecule has 16 N–H and O–H groups in total. The van der Waals surface area contributed by atoms with Crippen molar-refractivity contribution in [3.8, 4) is 0 Å². The van der Waals surface area contributed by atoms with Crippen molar-refractivity contribution in [2.75, 3.05) is 95.7 Å². The number of nitrogens with one attached hydrogen (secondary N) is 4. The Morgan fingerprint density at radius 3 is 1.17 bits per heavy atom. The summed E-state index contributed by atoms with van der Waals surface area (Å²) >= 11 is 0. The quantitative estimate of drug-likeness (QED) is 0.0198. The maximum atomic E-state index is 13.5. The van der Waals surface area contributed by atoms with Crippen LogP contribution in [0.4, 0.5) is 72.9 Å². The minimum atomic E-state index is -4.77. The van der Waals surface area contributed by atoms with Gasteiger partial charge in [0.05, 0.1) is 38.9 Å². The van der Waals surface area contributed by atoms with E-state index < -0.39 is 57.5 Å². The average Bonchev–Trinajstić information content (AvgIpc) is 1.60. The minimum absolute atomic E-state index is 0. The zero-order chi connectivity index (χ0) is 84.2. The molecule has 0 aliphatic carbocycles. The van der Waals surface area contributed by atoms with Crippen molar-refractivity contribution in [1.82, 2.24) is 50.5 Å². The number of carbonyl (C=O) groups excluding carboxylic acids is 4. The van der Waals surface area contributed by atoms with Crippen molar-refractivity contribution in [2.45, 2.75) is 76.1 Å². The van der Waals surface area contributed by atoms with Gasteiger partial charge in [0.25, 0.3) is 0 Å². The van der Waals surface area contributed by atoms with E-state index in [9.17, 15) is 45.5 Å². The number of hydrogen-bond donors (Lipinski definition) is 10. The number of nitrogen functional groups attached to an aromatic ring is 4. The standard InChI is InChI=1S/2C23H23N5O.C22H22F3N5O.C19H24F3N5O.13H2/c2*1-2-16-10-11-20(27-21(16)22(29)18-9-6-12-26-23(18)24)28-14-13-25-19(15-28)17-7-4-3-5-8-17;1-2-21(27,14-7-4-3-5-8-14)13-29-17-11-10-16(22(23,24)25)18(30-17)19(31)15-9-6-12-28-20(15)26;1-11(2)9-18(3,24)10-26-14-7-6-13(19(20,21)22)15(27-14)16(28)12-5-4-8-25-17(12)23;;;;;;;;;;;;;/h2*2-12,19,25H,1,13-15H2,(H2,24,26);3-12H,2,13,27H2,1H3,(H2,26,28)(H,29,30);4-8,11H,9-10,24H2,1-3H3,(H2,23,25)(H,26,27);13*1H/t2*19-;;;;;;;;;;;;;;;/m10.............../s1. The molecule has 0 radical (unpaired) electrons. The first-order valence-electron chi connectivity index (χ1n) is 37.5. The molecule has 11 aromatic rings. The lowest BCUT2D eigenvalue weighted by Gasteiger charge is -2.35. The van der Waals surface area contributed by atoms with E-state index >= 15 is 0 Å². The lowest BCUT2D eigenvalue weighted by atomic mass is 9.88. The molecule has 0 saturated carbocycles. The third-order valence-corrected chi connectivity index (χ3v) is 19.4. The highest BCUT2D eigenvalue weighted by Crippen LogP contribution is 2.37. The van der Waals surface area contributed by atoms with Crippen LogP contribution in [0.1, 0.15) is 174 Å². The van der Waals surface area contributed by atoms with Gasteiger partial charge in [-0.05, 0) is 139 Å². The monoisotopic (exact) mass is 1620 g/mol. The molecule has 8 aromatic heterocycles. The molecule has 24 nitrogen and oxygen atoms in total. The van der Waals surface area contributed by atoms with E-state index in [4.69, 9.17) is 44.4 Å². The number of aromatic nitrogens is 8. The van der Waals surface area contributed by atoms with Crippen LogP contribution in [0.3, 0.4) is 0 Å². The second-order valence-corrected chi connectivity index (χ2v) is 28.4. The Morgan fingerprint density at radius 1 is 0.487 bits per heavy atom. The third kappa shape index (κ3) is 22.2. The fraction of sp³-hybridized carbons (Fsp3) is 0.241. The van der Waals surface area contributed by atoms with Crippen molar-refractivity contribution in [1.29, 1.82) is 0 Å². The predicted molar refractivity (Wildman–Crippen MR) is 473 cm³/mol. The van der Waals surface area contributed by atoms with Gasteiger partial charge >= 0.3 is 12.4 Å². The number of benzene rings is 3. The van der Waals surface area contributed by atoms with E-state index in [0.29, 0.717) is 52.4 Å². The Labute approximate surface area is 693 Å². The molecule has 0 bridgehead atoms. The highest BCUT2D eigenvalue weighted by molar-refractivity contribution is 6.14. The van der Waals surface area contributed by atoms with Gasteiger partial charge in [0, 0.05) is 124 Å². The number of piperazine rings is 2. The second kappa shape index (κ2) is 38.8. The van der Waals surface area contributed by atoms with Crippen LogP contribution in [0.15, 0.2) is 226 Å². The van der Waals surface area contributed by atoms with Crippen molar-refractivity contribution >= 4 is 81.8 Å². The largest absolute Gasteiger partial charge is 0.418 e. The molecule has 632 valence electrons. The molecule has 30 heteroatoms. The summed E-state index contributed by atoms with van der Waals surface area (Å²) in [5.74, 6) is -0.225. The van der Waals surface area contributed by atoms with E-state index in [0.717, 1.165) is 68.6 Å². The molecule has 2 saturated heterocycles. The Bertz CT molecular complexity index is 5190. The number of hydrogen-bond acceptors (Lipinski definition) is 24. The number of nitrogens with two attached hydrogens (primary N) is 6. The Balaban J connectivity index is -0.000000788. The zero-order valence-corrected chi connectivity index (χ0v) is 64.9. The molecule has 2 aliphatic rings. The van der Waals surface area contributed by atoms with Crippen LogP contribution in [0.5, 0.6) is 0 Å². The first-order valence-corrected chi connectivity index (χ1v) is 37.5. The lowest BCUT2D eigenvalue weighted by molar-refractivity contribution is -0.138. The summed E-state index contributed by atoms with van der Waals surface area (Å²) in [4.78, 5) is 89.0. The topological polar surface area (TPSA) is 382 Å². The third-order valence-electron chi connectivity index (χ3n) is 19.4. The summed E-state index contributed by atoms with van der Waals surface area (Å²) in [6.45, 7) is 20.8. The van der Waals surface area contributed by atoms with Crippen molar-refractivity contribution < 1.29 is 64.1 Å². The molecule has 117 heavy (non-hydrogen) atoms. The summed E-state index contributed by atoms with van der Waals surface area (Å²) in [5, 5.41) is 13.0. The summed E-state index contributed by atoms with van der Waals surface area (Å²) in [7, 11) is 0. The number of nitrogens with zero attached hydrogens (tertiary/aromatic N) is 10. The van der Waals surface area contributed by atoms with E-state index in [-0.39, 0.29) is 101 Å². The molecule has 2 aliphatic heterocycles. The number of rotatable bonds is 24. The number of halogens is 6. The van der Waals surface area contributed by atoms with Gasteiger partial charge in [-0.25, -0.2) is 39.9 Å². The highest BCUT2D eigenvalue weighted by atomic mass is 19.4. The molecular formula is C87H118F6N20O4. The Morgan fingerprint density at radius 2 is 0.838 bits per heavy atom. The molecule has 10 heterocycles. The van der Waals surface area contributed by atoms with Crippen LogP contribution >= 0.6 is 0 Å². The summed E-state index contributed by atoms with van der Waals surface area (Å²) < 4.78 is 80.8. The maximum Gasteiger partial charge on any atom is 0.418 e. The van der Waals surface area contributed by atoms with Crippen LogP contribution in [-0.2, 0) is 17.9 Å². The highest BCUT2D eigenvalue weighted by Gasteiger charge is 2.39. The van der Waals surface area contributed by atoms with Crippen LogP contribution in [-0.4, -0.2) is 121 Å². The SMILES string of the molecule is C=Cc1ccc(N2CCN[C@@H](c3ccccc3)C2)nc1C(=O)c1cccnc1N.C=Cc1ccc(N2CCN[C@H](c3ccccc3)C2)nc1C(=O)c1cccnc1N.CC(C)CC(C)(N)CNc1ccc(C(F)(F)F)c(C(=O)c2cccnc2N)n1.CCC(N)(CNc1ccc(C(F)(F)F)c(C(=O)c2cccnc2N)n1)c1ccccc1.[HH].[HH].[HH].[HH].[HH].[HH].[HH].[HH].[HH].[HH].[HH].[HH].[HH]. The molecular weight excluding hydrogens is 1500 g/mol. The van der Waals surface area contributed by atoms with Gasteiger partial charge in [-0.1, -0.05) is 137 Å². The average molecular weight is 1620 g/mol. The zero-order valence-electron chi connectivity index (χ0n) is 64.9. The number of carbonyl (C=O) groups is 4. The van der Waals surface area contributed by atoms with Gasteiger partial charge in [0.15, 0.2) is 0 Å². The molecule has 4 atom stereocenters. The predicted octanol–water partition coefficient (Wildman–Crippen LogP) is 16.8. The summed E-state index contributed by atoms with van der Waals surface area (Å²) in [5.41, 5.74) is 36.5. The van der Waals surface area contributed by atoms with E-state index in [1.807, 2.05) is 119 Å². The molecule has 0 spiro atoms. The number of pyridine rings is 8. The molecule has 3 aromatic carbocycles. The number of anilines is 8. The number of ketones is 4. The van der Waals surface area contributed by atoms with Crippen molar-refractivity contribution in [2.24, 2.45) is 17.4 Å². The van der Waals surface area contributed by atoms with Crippen LogP contribution in [0.25, 0.3) is 12.2 Å².